The molecule has 0 aliphatic carbocycles. The van der Waals surface area contributed by atoms with Gasteiger partial charge in [-0.15, -0.1) is 0 Å². The molecule has 0 radical (unpaired) electrons. The van der Waals surface area contributed by atoms with E-state index in [0.29, 0.717) is 19.1 Å². The molecule has 24 heavy (non-hydrogen) atoms. The first-order valence-corrected chi connectivity index (χ1v) is 9.98. The van der Waals surface area contributed by atoms with E-state index in [4.69, 9.17) is 9.47 Å². The molecule has 3 aliphatic heterocycles. The summed E-state index contributed by atoms with van der Waals surface area (Å²) in [5.74, 6) is 4.64. The van der Waals surface area contributed by atoms with Gasteiger partial charge in [-0.2, -0.15) is 11.8 Å². The van der Waals surface area contributed by atoms with Gasteiger partial charge < -0.3 is 19.7 Å². The van der Waals surface area contributed by atoms with Crippen LogP contribution in [-0.2, 0) is 0 Å². The first-order valence-electron chi connectivity index (χ1n) is 8.83. The van der Waals surface area contributed by atoms with Crippen molar-refractivity contribution in [3.63, 3.8) is 0 Å². The van der Waals surface area contributed by atoms with Crippen LogP contribution in [0.4, 0.5) is 4.79 Å². The standard InChI is InChI=1S/C18H24N2O3S/c21-18(19-11-13-5-9-24-12-13)20-6-1-2-15(20)14-3-4-16-17(10-14)23-8-7-22-16/h3-4,10,13,15H,1-2,5-9,11-12H2,(H,19,21)/t13-,15+/m0/s1. The molecule has 3 heterocycles. The zero-order valence-corrected chi connectivity index (χ0v) is 14.6. The number of hydrogen-bond donors (Lipinski definition) is 1. The number of nitrogens with zero attached hydrogens (tertiary/aromatic N) is 1. The second kappa shape index (κ2) is 7.13. The van der Waals surface area contributed by atoms with Gasteiger partial charge in [0.05, 0.1) is 6.04 Å². The van der Waals surface area contributed by atoms with Crippen molar-refractivity contribution in [1.82, 2.24) is 10.2 Å². The Morgan fingerprint density at radius 3 is 2.96 bits per heavy atom. The van der Waals surface area contributed by atoms with Gasteiger partial charge in [0, 0.05) is 13.1 Å². The topological polar surface area (TPSA) is 50.8 Å². The monoisotopic (exact) mass is 348 g/mol. The summed E-state index contributed by atoms with van der Waals surface area (Å²) in [6.07, 6.45) is 3.27. The maximum Gasteiger partial charge on any atom is 0.317 e. The molecule has 1 N–H and O–H groups in total. The molecule has 1 aromatic rings. The lowest BCUT2D eigenvalue weighted by molar-refractivity contribution is 0.170. The SMILES string of the molecule is O=C(NC[C@@H]1CCSC1)N1CCC[C@@H]1c1ccc2c(c1)OCCO2. The van der Waals surface area contributed by atoms with E-state index in [1.807, 2.05) is 28.8 Å². The molecular weight excluding hydrogens is 324 g/mol. The van der Waals surface area contributed by atoms with Crippen molar-refractivity contribution in [3.05, 3.63) is 23.8 Å². The van der Waals surface area contributed by atoms with E-state index in [0.717, 1.165) is 43.0 Å². The van der Waals surface area contributed by atoms with Crippen LogP contribution in [0, 0.1) is 5.92 Å². The molecule has 6 heteroatoms. The number of carbonyl (C=O) groups excluding carboxylic acids is 1. The fraction of sp³-hybridized carbons (Fsp3) is 0.611. The average molecular weight is 348 g/mol. The second-order valence-corrected chi connectivity index (χ2v) is 7.82. The second-order valence-electron chi connectivity index (χ2n) is 6.67. The van der Waals surface area contributed by atoms with Crippen molar-refractivity contribution in [3.8, 4) is 11.5 Å². The van der Waals surface area contributed by atoms with Crippen molar-refractivity contribution >= 4 is 17.8 Å². The highest BCUT2D eigenvalue weighted by molar-refractivity contribution is 7.99. The number of rotatable bonds is 3. The normalized spacial score (nSPS) is 25.8. The fourth-order valence-corrected chi connectivity index (χ4v) is 4.99. The van der Waals surface area contributed by atoms with Crippen LogP contribution in [0.15, 0.2) is 18.2 Å². The summed E-state index contributed by atoms with van der Waals surface area (Å²) in [5.41, 5.74) is 1.14. The molecule has 0 bridgehead atoms. The lowest BCUT2D eigenvalue weighted by Crippen LogP contribution is -2.41. The van der Waals surface area contributed by atoms with Crippen LogP contribution in [0.3, 0.4) is 0 Å². The Morgan fingerprint density at radius 2 is 2.12 bits per heavy atom. The molecule has 0 unspecified atom stereocenters. The van der Waals surface area contributed by atoms with Gasteiger partial charge in [0.2, 0.25) is 0 Å². The molecule has 0 spiro atoms. The highest BCUT2D eigenvalue weighted by atomic mass is 32.2. The van der Waals surface area contributed by atoms with E-state index in [9.17, 15) is 4.79 Å². The zero-order chi connectivity index (χ0) is 16.4. The number of carbonyl (C=O) groups is 1. The summed E-state index contributed by atoms with van der Waals surface area (Å²) in [6.45, 7) is 2.81. The molecule has 3 aliphatic rings. The third-order valence-corrected chi connectivity index (χ3v) is 6.26. The van der Waals surface area contributed by atoms with Crippen molar-refractivity contribution in [2.24, 2.45) is 5.92 Å². The third kappa shape index (κ3) is 3.29. The van der Waals surface area contributed by atoms with Crippen molar-refractivity contribution in [2.75, 3.05) is 37.8 Å². The van der Waals surface area contributed by atoms with Gasteiger partial charge in [-0.25, -0.2) is 4.79 Å². The minimum absolute atomic E-state index is 0.0734. The summed E-state index contributed by atoms with van der Waals surface area (Å²) in [5, 5.41) is 3.15. The summed E-state index contributed by atoms with van der Waals surface area (Å²) < 4.78 is 11.3. The molecule has 2 amide bonds. The number of thioether (sulfide) groups is 1. The molecule has 4 rings (SSSR count). The Balaban J connectivity index is 1.43. The number of fused-ring (bicyclic) bond motifs is 1. The Labute approximate surface area is 147 Å². The highest BCUT2D eigenvalue weighted by Gasteiger charge is 2.31. The van der Waals surface area contributed by atoms with E-state index in [2.05, 4.69) is 11.4 Å². The third-order valence-electron chi connectivity index (χ3n) is 5.03. The minimum atomic E-state index is 0.0734. The molecule has 2 atom stereocenters. The van der Waals surface area contributed by atoms with Crippen LogP contribution in [0.25, 0.3) is 0 Å². The number of urea groups is 1. The van der Waals surface area contributed by atoms with Crippen LogP contribution >= 0.6 is 11.8 Å². The van der Waals surface area contributed by atoms with Crippen molar-refractivity contribution in [2.45, 2.75) is 25.3 Å². The highest BCUT2D eigenvalue weighted by Crippen LogP contribution is 2.38. The molecule has 130 valence electrons. The van der Waals surface area contributed by atoms with Crippen LogP contribution in [0.2, 0.25) is 0 Å². The first-order chi connectivity index (χ1) is 11.8. The lowest BCUT2D eigenvalue weighted by atomic mass is 10.0. The molecule has 2 fully saturated rings. The number of likely N-dealkylation sites (tertiary alicyclic amines) is 1. The van der Waals surface area contributed by atoms with Crippen molar-refractivity contribution in [1.29, 1.82) is 0 Å². The van der Waals surface area contributed by atoms with Crippen LogP contribution in [0.5, 0.6) is 11.5 Å². The van der Waals surface area contributed by atoms with Gasteiger partial charge in [-0.1, -0.05) is 6.07 Å². The summed E-state index contributed by atoms with van der Waals surface area (Å²) >= 11 is 1.99. The predicted molar refractivity (Wildman–Crippen MR) is 94.9 cm³/mol. The zero-order valence-electron chi connectivity index (χ0n) is 13.8. The van der Waals surface area contributed by atoms with Gasteiger partial charge in [0.15, 0.2) is 11.5 Å². The molecule has 2 saturated heterocycles. The van der Waals surface area contributed by atoms with Gasteiger partial charge in [-0.3, -0.25) is 0 Å². The fourth-order valence-electron chi connectivity index (χ4n) is 3.70. The van der Waals surface area contributed by atoms with Crippen LogP contribution < -0.4 is 14.8 Å². The van der Waals surface area contributed by atoms with E-state index in [-0.39, 0.29) is 12.1 Å². The first kappa shape index (κ1) is 15.9. The summed E-state index contributed by atoms with van der Waals surface area (Å²) in [6, 6.07) is 6.28. The molecule has 0 saturated carbocycles. The lowest BCUT2D eigenvalue weighted by Gasteiger charge is -2.27. The maximum atomic E-state index is 12.6. The Kier molecular flexibility index (Phi) is 4.74. The van der Waals surface area contributed by atoms with Gasteiger partial charge in [-0.05, 0) is 54.4 Å². The molecular formula is C18H24N2O3S. The minimum Gasteiger partial charge on any atom is -0.486 e. The Bertz CT molecular complexity index is 604. The van der Waals surface area contributed by atoms with E-state index < -0.39 is 0 Å². The van der Waals surface area contributed by atoms with Gasteiger partial charge in [0.25, 0.3) is 0 Å². The smallest absolute Gasteiger partial charge is 0.317 e. The quantitative estimate of drug-likeness (QED) is 0.912. The number of amides is 2. The summed E-state index contributed by atoms with van der Waals surface area (Å²) in [7, 11) is 0. The van der Waals surface area contributed by atoms with E-state index in [1.165, 1.54) is 17.9 Å². The Morgan fingerprint density at radius 1 is 1.25 bits per heavy atom. The summed E-state index contributed by atoms with van der Waals surface area (Å²) in [4.78, 5) is 14.6. The van der Waals surface area contributed by atoms with E-state index in [1.54, 1.807) is 0 Å². The Hall–Kier alpha value is -1.56. The predicted octanol–water partition coefficient (Wildman–Crippen LogP) is 3.06. The number of hydrogen-bond acceptors (Lipinski definition) is 4. The number of nitrogens with one attached hydrogen (secondary N) is 1. The maximum absolute atomic E-state index is 12.6. The molecule has 0 aromatic heterocycles. The number of ether oxygens (including phenoxy) is 2. The van der Waals surface area contributed by atoms with Crippen LogP contribution in [-0.4, -0.2) is 48.7 Å². The van der Waals surface area contributed by atoms with Crippen molar-refractivity contribution < 1.29 is 14.3 Å². The van der Waals surface area contributed by atoms with Crippen LogP contribution in [0.1, 0.15) is 30.9 Å². The average Bonchev–Trinajstić information content (AvgIpc) is 3.31. The largest absolute Gasteiger partial charge is 0.486 e. The van der Waals surface area contributed by atoms with Gasteiger partial charge >= 0.3 is 6.03 Å². The number of benzene rings is 1. The van der Waals surface area contributed by atoms with Gasteiger partial charge in [0.1, 0.15) is 13.2 Å². The van der Waals surface area contributed by atoms with E-state index >= 15 is 0 Å². The molecule has 1 aromatic carbocycles. The molecule has 5 nitrogen and oxygen atoms in total.